The molecule has 3 heterocycles. The molecule has 0 spiro atoms. The maximum Gasteiger partial charge on any atom is 0.326 e. The minimum Gasteiger partial charge on any atom is -0.508 e. The molecule has 2 aromatic rings. The molecule has 14 amide bonds. The molecule has 5 rings (SSSR count). The molecular formula is C81H127N19O20. The van der Waals surface area contributed by atoms with Gasteiger partial charge >= 0.3 is 11.9 Å². The van der Waals surface area contributed by atoms with Crippen LogP contribution in [-0.2, 0) is 89.6 Å². The molecule has 2 aromatic carbocycles. The summed E-state index contributed by atoms with van der Waals surface area (Å²) in [7, 11) is 1.78. The zero-order valence-electron chi connectivity index (χ0n) is 70.0. The molecule has 0 saturated carbocycles. The second-order valence-corrected chi connectivity index (χ2v) is 32.1. The van der Waals surface area contributed by atoms with Gasteiger partial charge in [-0.25, -0.2) is 4.79 Å². The summed E-state index contributed by atoms with van der Waals surface area (Å²) in [4.78, 5) is 231. The first-order chi connectivity index (χ1) is 56.8. The van der Waals surface area contributed by atoms with Crippen LogP contribution < -0.4 is 86.7 Å². The molecule has 0 radical (unpaired) electrons. The minimum atomic E-state index is -1.91. The van der Waals surface area contributed by atoms with Crippen LogP contribution in [0, 0.1) is 17.8 Å². The Morgan fingerprint density at radius 3 is 1.41 bits per heavy atom. The number of hydrogen-bond acceptors (Lipinski definition) is 21. The fourth-order valence-electron chi connectivity index (χ4n) is 14.4. The topological polar surface area (TPSA) is 621 Å². The third-order valence-electron chi connectivity index (χ3n) is 21.4. The van der Waals surface area contributed by atoms with Gasteiger partial charge in [0, 0.05) is 51.4 Å². The van der Waals surface area contributed by atoms with E-state index in [1.54, 1.807) is 48.6 Å². The lowest BCUT2D eigenvalue weighted by Gasteiger charge is -2.32. The summed E-state index contributed by atoms with van der Waals surface area (Å²) in [6.07, 6.45) is 0.663. The van der Waals surface area contributed by atoms with E-state index in [1.807, 2.05) is 6.92 Å². The van der Waals surface area contributed by atoms with Crippen LogP contribution in [0.5, 0.6) is 11.5 Å². The summed E-state index contributed by atoms with van der Waals surface area (Å²) in [6.45, 7) is 12.7. The minimum absolute atomic E-state index is 0.00613. The van der Waals surface area contributed by atoms with E-state index in [9.17, 15) is 82.8 Å². The third-order valence-corrected chi connectivity index (χ3v) is 21.4. The largest absolute Gasteiger partial charge is 0.508 e. The number of rotatable bonds is 52. The summed E-state index contributed by atoms with van der Waals surface area (Å²) in [5, 5.41) is 72.2. The number of phenolic OH excluding ortho intramolecular Hbond substituents is 2. The number of guanidine groups is 1. The zero-order chi connectivity index (χ0) is 89.0. The second-order valence-electron chi connectivity index (χ2n) is 32.1. The van der Waals surface area contributed by atoms with E-state index in [2.05, 4.69) is 68.8 Å². The van der Waals surface area contributed by atoms with E-state index in [1.165, 1.54) is 58.3 Å². The average Bonchev–Trinajstić information content (AvgIpc) is 1.79. The molecule has 15 atom stereocenters. The molecule has 0 aliphatic carbocycles. The number of primary amides is 1. The zero-order valence-corrected chi connectivity index (χ0v) is 70.0. The molecule has 120 heavy (non-hydrogen) atoms. The molecule has 3 saturated heterocycles. The monoisotopic (exact) mass is 1690 g/mol. The van der Waals surface area contributed by atoms with E-state index < -0.39 is 192 Å². The number of likely N-dealkylation sites (tertiary alicyclic amines) is 2. The van der Waals surface area contributed by atoms with Crippen LogP contribution in [0.3, 0.4) is 0 Å². The number of carboxylic acid groups (broad SMARTS) is 2. The number of nitrogens with two attached hydrogens (primary N) is 4. The van der Waals surface area contributed by atoms with Crippen LogP contribution in [0.2, 0.25) is 0 Å². The van der Waals surface area contributed by atoms with Gasteiger partial charge in [0.2, 0.25) is 82.7 Å². The van der Waals surface area contributed by atoms with Crippen LogP contribution in [0.25, 0.3) is 0 Å². The van der Waals surface area contributed by atoms with Crippen LogP contribution in [0.4, 0.5) is 0 Å². The van der Waals surface area contributed by atoms with Gasteiger partial charge in [0.25, 0.3) is 0 Å². The van der Waals surface area contributed by atoms with Crippen LogP contribution in [0.1, 0.15) is 194 Å². The molecule has 39 nitrogen and oxygen atoms in total. The van der Waals surface area contributed by atoms with E-state index in [4.69, 9.17) is 22.9 Å². The number of carbonyl (C=O) groups is 16. The highest BCUT2D eigenvalue weighted by Crippen LogP contribution is 2.25. The number of aliphatic imine (C=N–C) groups is 1. The second kappa shape index (κ2) is 50.0. The van der Waals surface area contributed by atoms with E-state index in [-0.39, 0.29) is 157 Å². The van der Waals surface area contributed by atoms with Crippen LogP contribution >= 0.6 is 0 Å². The fraction of sp³-hybridized carbons (Fsp3) is 0.642. The first-order valence-corrected chi connectivity index (χ1v) is 41.5. The van der Waals surface area contributed by atoms with Crippen molar-refractivity contribution in [3.8, 4) is 11.5 Å². The third kappa shape index (κ3) is 33.2. The van der Waals surface area contributed by atoms with Gasteiger partial charge in [0.1, 0.15) is 90.0 Å². The number of nitrogens with one attached hydrogen (secondary N) is 12. The van der Waals surface area contributed by atoms with Crippen molar-refractivity contribution < 1.29 is 97.1 Å². The molecule has 1 unspecified atom stereocenters. The van der Waals surface area contributed by atoms with Crippen molar-refractivity contribution in [2.75, 3.05) is 33.2 Å². The number of amides is 14. The van der Waals surface area contributed by atoms with Gasteiger partial charge in [-0.2, -0.15) is 0 Å². The Morgan fingerprint density at radius 1 is 0.500 bits per heavy atom. The summed E-state index contributed by atoms with van der Waals surface area (Å²) in [6, 6.07) is -6.84. The summed E-state index contributed by atoms with van der Waals surface area (Å²) in [5.74, 6) is -15.9. The maximum absolute atomic E-state index is 15.2. The Bertz CT molecular complexity index is 3860. The van der Waals surface area contributed by atoms with Crippen molar-refractivity contribution in [2.24, 2.45) is 45.7 Å². The quantitative estimate of drug-likeness (QED) is 0.0199. The van der Waals surface area contributed by atoms with Crippen LogP contribution in [-0.4, -0.2) is 249 Å². The maximum atomic E-state index is 15.2. The van der Waals surface area contributed by atoms with Crippen molar-refractivity contribution in [3.63, 3.8) is 0 Å². The normalized spacial score (nSPS) is 18.1. The average molecular weight is 1690 g/mol. The standard InChI is InChI=1S/C81H127N19O20/c1-9-46(6)67(77(116)97-61(80(119)120)40-45(4)5)98-74(113)59(42-49-25-29-51(102)30-26-49)96-76(115)63-22-16-38-100(63)79(118)56(20-14-36-87-81(84)85)91-68(107)52(18-11-10-17-47(7)86-8)90-75(114)62-21-15-37-99(62)78(117)55(19-12-13-35-82)92-73(112)60(43-64(83)103)95-70(109)54(32-34-66(105)106)89-72(111)58(41-48-23-27-50(101)28-24-48)94-71(110)57(39-44(2)3)93-69(108)53-31-33-65(104)88-53/h23-30,44-47,52-63,67,86,101-102H,9-22,31-43,82H2,1-8H3,(H2,83,103)(H,88,104)(H,89,111)(H,90,114)(H,91,107)(H,92,112)(H,93,108)(H,94,110)(H,95,109)(H,96,115)(H,97,116)(H,98,113)(H,105,106)(H,119,120)(H4,84,85,87)/t46-,47?,52-,53-,54-,55-,56-,57-,58-,59-,60-,61-,62-,63-,67-/m0/s1. The van der Waals surface area contributed by atoms with Crippen LogP contribution in [0.15, 0.2) is 53.5 Å². The Morgan fingerprint density at radius 2 is 0.925 bits per heavy atom. The number of aromatic hydroxyl groups is 2. The fourth-order valence-corrected chi connectivity index (χ4v) is 14.4. The number of aliphatic carboxylic acids is 2. The molecule has 0 aromatic heterocycles. The van der Waals surface area contributed by atoms with E-state index in [0.717, 1.165) is 0 Å². The number of phenols is 2. The SMILES string of the molecule is CC[C@H](C)[C@H](NC(=O)[C@H](Cc1ccc(O)cc1)NC(=O)[C@@H]1CCCN1C(=O)[C@H](CCCN=C(N)N)NC(=O)[C@H](CCCCC(C)NC)NC(=O)[C@@H]1CCCN1C(=O)[C@H](CCCCN)NC(=O)[C@H](CC(N)=O)NC(=O)[C@H](CCC(=O)O)NC(=O)[C@H](Cc1ccc(O)cc1)NC(=O)[C@H](CC(C)C)NC(=O)[C@@H]1CCC(=O)N1)C(=O)N[C@@H](CC(C)C)C(=O)O. The van der Waals surface area contributed by atoms with Gasteiger partial charge < -0.3 is 117 Å². The molecule has 666 valence electrons. The lowest BCUT2D eigenvalue weighted by atomic mass is 9.96. The summed E-state index contributed by atoms with van der Waals surface area (Å²) < 4.78 is 0. The number of carbonyl (C=O) groups excluding carboxylic acids is 14. The highest BCUT2D eigenvalue weighted by molar-refractivity contribution is 6.01. The summed E-state index contributed by atoms with van der Waals surface area (Å²) in [5.41, 5.74) is 23.8. The predicted molar refractivity (Wildman–Crippen MR) is 440 cm³/mol. The molecule has 0 bridgehead atoms. The molecular weight excluding hydrogens is 1560 g/mol. The highest BCUT2D eigenvalue weighted by atomic mass is 16.4. The number of carboxylic acids is 2. The Balaban J connectivity index is 1.42. The predicted octanol–water partition coefficient (Wildman–Crippen LogP) is -1.69. The van der Waals surface area contributed by atoms with Crippen molar-refractivity contribution >= 4 is 101 Å². The molecule has 24 N–H and O–H groups in total. The first-order valence-electron chi connectivity index (χ1n) is 41.5. The Kier molecular flexibility index (Phi) is 41.4. The van der Waals surface area contributed by atoms with Gasteiger partial charge in [-0.1, -0.05) is 85.1 Å². The van der Waals surface area contributed by atoms with E-state index >= 15 is 14.4 Å². The molecule has 39 heteroatoms. The number of nitrogens with zero attached hydrogens (tertiary/aromatic N) is 3. The Hall–Kier alpha value is -11.3. The van der Waals surface area contributed by atoms with Gasteiger partial charge in [-0.05, 0) is 170 Å². The van der Waals surface area contributed by atoms with E-state index in [0.29, 0.717) is 49.7 Å². The van der Waals surface area contributed by atoms with Crippen molar-refractivity contribution in [1.29, 1.82) is 0 Å². The number of hydrogen-bond donors (Lipinski definition) is 20. The lowest BCUT2D eigenvalue weighted by molar-refractivity contribution is -0.144. The number of unbranched alkanes of at least 4 members (excludes halogenated alkanes) is 2. The molecule has 3 aliphatic rings. The highest BCUT2D eigenvalue weighted by Gasteiger charge is 2.44. The smallest absolute Gasteiger partial charge is 0.326 e. The van der Waals surface area contributed by atoms with Gasteiger partial charge in [-0.3, -0.25) is 76.9 Å². The van der Waals surface area contributed by atoms with Gasteiger partial charge in [0.15, 0.2) is 5.96 Å². The van der Waals surface area contributed by atoms with Crippen molar-refractivity contribution in [3.05, 3.63) is 59.7 Å². The Labute approximate surface area is 699 Å². The van der Waals surface area contributed by atoms with Crippen molar-refractivity contribution in [2.45, 2.75) is 281 Å². The van der Waals surface area contributed by atoms with Gasteiger partial charge in [-0.15, -0.1) is 0 Å². The van der Waals surface area contributed by atoms with Gasteiger partial charge in [0.05, 0.1) is 6.42 Å². The molecule has 3 fully saturated rings. The van der Waals surface area contributed by atoms with Crippen molar-refractivity contribution in [1.82, 2.24) is 73.6 Å². The number of benzene rings is 2. The molecule has 3 aliphatic heterocycles. The first kappa shape index (κ1) is 99.3. The summed E-state index contributed by atoms with van der Waals surface area (Å²) >= 11 is 0. The lowest BCUT2D eigenvalue weighted by Crippen LogP contribution is -2.61.